The van der Waals surface area contributed by atoms with Gasteiger partial charge in [0.15, 0.2) is 0 Å². The minimum Gasteiger partial charge on any atom is -0.381 e. The van der Waals surface area contributed by atoms with E-state index in [-0.39, 0.29) is 6.54 Å². The summed E-state index contributed by atoms with van der Waals surface area (Å²) in [6, 6.07) is 7.87. The molecule has 0 radical (unpaired) electrons. The van der Waals surface area contributed by atoms with Crippen LogP contribution in [-0.4, -0.2) is 0 Å². The van der Waals surface area contributed by atoms with Crippen LogP contribution in [0.5, 0.6) is 0 Å². The van der Waals surface area contributed by atoms with Crippen molar-refractivity contribution >= 4 is 21.6 Å². The molecule has 0 heterocycles. The molecule has 0 aliphatic carbocycles. The highest BCUT2D eigenvalue weighted by Gasteiger charge is 2.30. The van der Waals surface area contributed by atoms with Crippen LogP contribution in [0.25, 0.3) is 0 Å². The third-order valence-corrected chi connectivity index (χ3v) is 3.43. The van der Waals surface area contributed by atoms with Gasteiger partial charge in [0.25, 0.3) is 0 Å². The Kier molecular flexibility index (Phi) is 4.56. The lowest BCUT2D eigenvalue weighted by molar-refractivity contribution is -0.137. The van der Waals surface area contributed by atoms with Gasteiger partial charge in [0.1, 0.15) is 5.82 Å². The first-order chi connectivity index (χ1) is 9.75. The summed E-state index contributed by atoms with van der Waals surface area (Å²) in [6.07, 6.45) is -4.38. The average molecular weight is 362 g/mol. The van der Waals surface area contributed by atoms with Gasteiger partial charge < -0.3 is 5.32 Å². The van der Waals surface area contributed by atoms with Crippen LogP contribution in [0, 0.1) is 12.7 Å². The highest BCUT2D eigenvalue weighted by molar-refractivity contribution is 9.10. The largest absolute Gasteiger partial charge is 0.416 e. The number of benzene rings is 2. The molecule has 2 rings (SSSR count). The third kappa shape index (κ3) is 4.20. The second-order valence-corrected chi connectivity index (χ2v) is 5.57. The standard InChI is InChI=1S/C15H12BrF4N/c1-9-2-3-11(15(18,19)20)6-14(9)21-8-10-4-12(16)7-13(17)5-10/h2-7,21H,8H2,1H3. The number of hydrogen-bond donors (Lipinski definition) is 1. The van der Waals surface area contributed by atoms with Crippen LogP contribution in [0.2, 0.25) is 0 Å². The number of rotatable bonds is 3. The summed E-state index contributed by atoms with van der Waals surface area (Å²) < 4.78 is 51.9. The zero-order valence-electron chi connectivity index (χ0n) is 11.1. The van der Waals surface area contributed by atoms with Crippen LogP contribution >= 0.6 is 15.9 Å². The summed E-state index contributed by atoms with van der Waals surface area (Å²) in [7, 11) is 0. The van der Waals surface area contributed by atoms with Crippen molar-refractivity contribution in [3.05, 3.63) is 63.4 Å². The van der Waals surface area contributed by atoms with E-state index in [0.717, 1.165) is 12.1 Å². The number of aryl methyl sites for hydroxylation is 1. The maximum atomic E-state index is 13.2. The summed E-state index contributed by atoms with van der Waals surface area (Å²) >= 11 is 3.17. The molecule has 1 nitrogen and oxygen atoms in total. The highest BCUT2D eigenvalue weighted by Crippen LogP contribution is 2.32. The molecule has 2 aromatic rings. The van der Waals surface area contributed by atoms with E-state index in [1.165, 1.54) is 18.2 Å². The lowest BCUT2D eigenvalue weighted by atomic mass is 10.1. The van der Waals surface area contributed by atoms with E-state index in [9.17, 15) is 17.6 Å². The Labute approximate surface area is 128 Å². The molecule has 6 heteroatoms. The molecule has 2 aromatic carbocycles. The summed E-state index contributed by atoms with van der Waals surface area (Å²) in [4.78, 5) is 0. The van der Waals surface area contributed by atoms with Crippen molar-refractivity contribution in [2.45, 2.75) is 19.6 Å². The molecule has 0 aromatic heterocycles. The van der Waals surface area contributed by atoms with Gasteiger partial charge in [0.05, 0.1) is 5.56 Å². The van der Waals surface area contributed by atoms with Crippen molar-refractivity contribution < 1.29 is 17.6 Å². The van der Waals surface area contributed by atoms with Gasteiger partial charge in [-0.25, -0.2) is 4.39 Å². The van der Waals surface area contributed by atoms with E-state index < -0.39 is 17.6 Å². The van der Waals surface area contributed by atoms with Gasteiger partial charge in [-0.05, 0) is 48.4 Å². The molecule has 0 fully saturated rings. The van der Waals surface area contributed by atoms with Crippen LogP contribution in [0.1, 0.15) is 16.7 Å². The molecule has 0 aliphatic rings. The van der Waals surface area contributed by atoms with Gasteiger partial charge in [-0.1, -0.05) is 22.0 Å². The summed E-state index contributed by atoms with van der Waals surface area (Å²) in [5.41, 5.74) is 0.999. The van der Waals surface area contributed by atoms with Crippen LogP contribution in [0.15, 0.2) is 40.9 Å². The first-order valence-corrected chi connectivity index (χ1v) is 6.92. The minimum atomic E-state index is -4.38. The molecular weight excluding hydrogens is 350 g/mol. The van der Waals surface area contributed by atoms with Crippen LogP contribution < -0.4 is 5.32 Å². The van der Waals surface area contributed by atoms with E-state index in [1.54, 1.807) is 13.0 Å². The molecule has 0 bridgehead atoms. The Morgan fingerprint density at radius 3 is 2.43 bits per heavy atom. The quantitative estimate of drug-likeness (QED) is 0.709. The molecule has 0 atom stereocenters. The molecule has 0 unspecified atom stereocenters. The average Bonchev–Trinajstić information content (AvgIpc) is 2.35. The first-order valence-electron chi connectivity index (χ1n) is 6.12. The molecule has 0 saturated carbocycles. The van der Waals surface area contributed by atoms with Crippen LogP contribution in [-0.2, 0) is 12.7 Å². The fourth-order valence-electron chi connectivity index (χ4n) is 1.90. The molecule has 0 amide bonds. The zero-order valence-corrected chi connectivity index (χ0v) is 12.6. The van der Waals surface area contributed by atoms with Gasteiger partial charge in [-0.3, -0.25) is 0 Å². The van der Waals surface area contributed by atoms with Crippen molar-refractivity contribution in [1.82, 2.24) is 0 Å². The molecule has 1 N–H and O–H groups in total. The third-order valence-electron chi connectivity index (χ3n) is 2.97. The van der Waals surface area contributed by atoms with E-state index in [4.69, 9.17) is 0 Å². The summed E-state index contributed by atoms with van der Waals surface area (Å²) in [5.74, 6) is -0.401. The second kappa shape index (κ2) is 6.05. The molecule has 0 spiro atoms. The molecule has 112 valence electrons. The first kappa shape index (κ1) is 15.8. The number of anilines is 1. The fourth-order valence-corrected chi connectivity index (χ4v) is 2.41. The maximum Gasteiger partial charge on any atom is 0.416 e. The highest BCUT2D eigenvalue weighted by atomic mass is 79.9. The molecule has 0 saturated heterocycles. The predicted molar refractivity (Wildman–Crippen MR) is 77.6 cm³/mol. The van der Waals surface area contributed by atoms with Gasteiger partial charge in [0, 0.05) is 16.7 Å². The minimum absolute atomic E-state index is 0.235. The van der Waals surface area contributed by atoms with Crippen molar-refractivity contribution in [1.29, 1.82) is 0 Å². The Bertz CT molecular complexity index is 632. The number of nitrogens with one attached hydrogen (secondary N) is 1. The van der Waals surface area contributed by atoms with Crippen LogP contribution in [0.4, 0.5) is 23.2 Å². The monoisotopic (exact) mass is 361 g/mol. The number of hydrogen-bond acceptors (Lipinski definition) is 1. The lowest BCUT2D eigenvalue weighted by Crippen LogP contribution is -2.07. The van der Waals surface area contributed by atoms with Gasteiger partial charge in [-0.15, -0.1) is 0 Å². The lowest BCUT2D eigenvalue weighted by Gasteiger charge is -2.13. The zero-order chi connectivity index (χ0) is 15.6. The second-order valence-electron chi connectivity index (χ2n) is 4.66. The Morgan fingerprint density at radius 2 is 1.81 bits per heavy atom. The Morgan fingerprint density at radius 1 is 1.10 bits per heavy atom. The van der Waals surface area contributed by atoms with Gasteiger partial charge in [-0.2, -0.15) is 13.2 Å². The van der Waals surface area contributed by atoms with E-state index in [1.807, 2.05) is 0 Å². The Balaban J connectivity index is 2.19. The molecule has 21 heavy (non-hydrogen) atoms. The molecular formula is C15H12BrF4N. The topological polar surface area (TPSA) is 12.0 Å². The number of halogens is 5. The molecule has 0 aliphatic heterocycles. The van der Waals surface area contributed by atoms with E-state index in [0.29, 0.717) is 21.3 Å². The maximum absolute atomic E-state index is 13.2. The normalized spacial score (nSPS) is 11.5. The van der Waals surface area contributed by atoms with Crippen LogP contribution in [0.3, 0.4) is 0 Å². The van der Waals surface area contributed by atoms with Crippen molar-refractivity contribution in [3.63, 3.8) is 0 Å². The predicted octanol–water partition coefficient (Wildman–Crippen LogP) is 5.53. The van der Waals surface area contributed by atoms with Crippen molar-refractivity contribution in [2.75, 3.05) is 5.32 Å². The van der Waals surface area contributed by atoms with Crippen molar-refractivity contribution in [3.8, 4) is 0 Å². The summed E-state index contributed by atoms with van der Waals surface area (Å²) in [6.45, 7) is 1.95. The van der Waals surface area contributed by atoms with Gasteiger partial charge in [0.2, 0.25) is 0 Å². The SMILES string of the molecule is Cc1ccc(C(F)(F)F)cc1NCc1cc(F)cc(Br)c1. The van der Waals surface area contributed by atoms with Gasteiger partial charge >= 0.3 is 6.18 Å². The van der Waals surface area contributed by atoms with Crippen molar-refractivity contribution in [2.24, 2.45) is 0 Å². The summed E-state index contributed by atoms with van der Waals surface area (Å²) in [5, 5.41) is 2.91. The number of alkyl halides is 3. The Hall–Kier alpha value is -1.56. The fraction of sp³-hybridized carbons (Fsp3) is 0.200. The smallest absolute Gasteiger partial charge is 0.381 e. The van der Waals surface area contributed by atoms with E-state index >= 15 is 0 Å². The van der Waals surface area contributed by atoms with E-state index in [2.05, 4.69) is 21.2 Å².